The molecule has 1 aromatic carbocycles. The second-order valence-electron chi connectivity index (χ2n) is 5.39. The number of hydrogen-bond donors (Lipinski definition) is 1. The Labute approximate surface area is 130 Å². The molecule has 4 heteroatoms. The maximum atomic E-state index is 5.82. The van der Waals surface area contributed by atoms with E-state index >= 15 is 0 Å². The number of halogens is 1. The molecule has 0 saturated carbocycles. The summed E-state index contributed by atoms with van der Waals surface area (Å²) in [6.45, 7) is 8.67. The summed E-state index contributed by atoms with van der Waals surface area (Å²) in [5.74, 6) is 1.79. The highest BCUT2D eigenvalue weighted by atomic mass is 79.9. The number of ether oxygens (including phenoxy) is 1. The summed E-state index contributed by atoms with van der Waals surface area (Å²) >= 11 is 3.47. The second-order valence-corrected chi connectivity index (χ2v) is 6.31. The van der Waals surface area contributed by atoms with E-state index in [4.69, 9.17) is 4.74 Å². The predicted molar refractivity (Wildman–Crippen MR) is 87.3 cm³/mol. The predicted octanol–water partition coefficient (Wildman–Crippen LogP) is 3.15. The van der Waals surface area contributed by atoms with Gasteiger partial charge in [-0.15, -0.1) is 0 Å². The molecule has 3 nitrogen and oxygen atoms in total. The smallest absolute Gasteiger partial charge is 0.120 e. The summed E-state index contributed by atoms with van der Waals surface area (Å²) in [6, 6.07) is 8.05. The summed E-state index contributed by atoms with van der Waals surface area (Å²) in [6.07, 6.45) is 2.62. The third-order valence-corrected chi connectivity index (χ3v) is 4.39. The Kier molecular flexibility index (Phi) is 6.83. The lowest BCUT2D eigenvalue weighted by atomic mass is 9.97. The number of nitrogens with one attached hydrogen (secondary N) is 1. The Morgan fingerprint density at radius 3 is 2.85 bits per heavy atom. The van der Waals surface area contributed by atoms with Crippen molar-refractivity contribution in [3.63, 3.8) is 0 Å². The van der Waals surface area contributed by atoms with E-state index in [9.17, 15) is 0 Å². The third kappa shape index (κ3) is 5.43. The van der Waals surface area contributed by atoms with E-state index in [0.29, 0.717) is 0 Å². The van der Waals surface area contributed by atoms with Gasteiger partial charge in [0.2, 0.25) is 0 Å². The first-order chi connectivity index (χ1) is 9.78. The summed E-state index contributed by atoms with van der Waals surface area (Å²) in [7, 11) is 0. The fourth-order valence-electron chi connectivity index (χ4n) is 2.66. The summed E-state index contributed by atoms with van der Waals surface area (Å²) in [5, 5.41) is 3.43. The number of rotatable bonds is 7. The quantitative estimate of drug-likeness (QED) is 0.825. The molecule has 0 radical (unpaired) electrons. The highest BCUT2D eigenvalue weighted by molar-refractivity contribution is 9.10. The zero-order valence-electron chi connectivity index (χ0n) is 12.3. The molecule has 1 saturated heterocycles. The second kappa shape index (κ2) is 8.65. The number of likely N-dealkylation sites (N-methyl/N-ethyl adjacent to an activating group) is 1. The van der Waals surface area contributed by atoms with Crippen LogP contribution in [0, 0.1) is 5.92 Å². The van der Waals surface area contributed by atoms with Gasteiger partial charge in [0.1, 0.15) is 12.4 Å². The summed E-state index contributed by atoms with van der Waals surface area (Å²) in [5.41, 5.74) is 0. The van der Waals surface area contributed by atoms with Crippen LogP contribution in [0.4, 0.5) is 0 Å². The van der Waals surface area contributed by atoms with Gasteiger partial charge in [-0.25, -0.2) is 0 Å². The van der Waals surface area contributed by atoms with Crippen molar-refractivity contribution in [2.24, 2.45) is 5.92 Å². The van der Waals surface area contributed by atoms with Gasteiger partial charge >= 0.3 is 0 Å². The lowest BCUT2D eigenvalue weighted by Crippen LogP contribution is -2.37. The van der Waals surface area contributed by atoms with Crippen LogP contribution >= 0.6 is 15.9 Å². The number of hydrogen-bond acceptors (Lipinski definition) is 3. The fraction of sp³-hybridized carbons (Fsp3) is 0.625. The van der Waals surface area contributed by atoms with Crippen molar-refractivity contribution in [2.45, 2.75) is 19.8 Å². The molecular weight excluding hydrogens is 316 g/mol. The maximum absolute atomic E-state index is 5.82. The lowest BCUT2D eigenvalue weighted by molar-refractivity contribution is 0.178. The Morgan fingerprint density at radius 2 is 2.15 bits per heavy atom. The highest BCUT2D eigenvalue weighted by Crippen LogP contribution is 2.18. The largest absolute Gasteiger partial charge is 0.492 e. The number of piperidine rings is 1. The molecule has 0 aliphatic carbocycles. The molecule has 1 fully saturated rings. The minimum absolute atomic E-state index is 0.759. The number of benzene rings is 1. The van der Waals surface area contributed by atoms with Crippen molar-refractivity contribution >= 4 is 15.9 Å². The molecule has 2 rings (SSSR count). The van der Waals surface area contributed by atoms with E-state index in [1.165, 1.54) is 32.5 Å². The molecule has 0 bridgehead atoms. The van der Waals surface area contributed by atoms with Gasteiger partial charge in [-0.1, -0.05) is 28.9 Å². The van der Waals surface area contributed by atoms with Crippen LogP contribution in [-0.2, 0) is 0 Å². The zero-order valence-corrected chi connectivity index (χ0v) is 13.9. The molecule has 0 unspecified atom stereocenters. The van der Waals surface area contributed by atoms with E-state index in [2.05, 4.69) is 33.1 Å². The van der Waals surface area contributed by atoms with Crippen LogP contribution in [0.1, 0.15) is 19.8 Å². The summed E-state index contributed by atoms with van der Waals surface area (Å²) in [4.78, 5) is 2.51. The molecule has 1 N–H and O–H groups in total. The monoisotopic (exact) mass is 340 g/mol. The molecule has 20 heavy (non-hydrogen) atoms. The van der Waals surface area contributed by atoms with Gasteiger partial charge in [0.25, 0.3) is 0 Å². The molecule has 1 aliphatic heterocycles. The van der Waals surface area contributed by atoms with Crippen molar-refractivity contribution in [1.29, 1.82) is 0 Å². The lowest BCUT2D eigenvalue weighted by Gasteiger charge is -2.29. The zero-order chi connectivity index (χ0) is 14.2. The molecular formula is C16H25BrN2O. The van der Waals surface area contributed by atoms with E-state index in [1.807, 2.05) is 24.3 Å². The van der Waals surface area contributed by atoms with Crippen LogP contribution in [0.2, 0.25) is 0 Å². The van der Waals surface area contributed by atoms with E-state index in [0.717, 1.165) is 35.8 Å². The average Bonchev–Trinajstić information content (AvgIpc) is 2.47. The van der Waals surface area contributed by atoms with Crippen molar-refractivity contribution < 1.29 is 4.74 Å². The van der Waals surface area contributed by atoms with Crippen LogP contribution in [0.25, 0.3) is 0 Å². The van der Waals surface area contributed by atoms with E-state index < -0.39 is 0 Å². The van der Waals surface area contributed by atoms with Crippen LogP contribution < -0.4 is 10.1 Å². The van der Waals surface area contributed by atoms with Crippen molar-refractivity contribution in [1.82, 2.24) is 10.2 Å². The van der Waals surface area contributed by atoms with Crippen LogP contribution in [0.15, 0.2) is 28.7 Å². The first kappa shape index (κ1) is 15.8. The highest BCUT2D eigenvalue weighted by Gasteiger charge is 2.16. The molecule has 0 atom stereocenters. The SMILES string of the molecule is CCN(CCOc1cccc(Br)c1)CC1CCNCC1. The van der Waals surface area contributed by atoms with Gasteiger partial charge in [-0.05, 0) is 56.6 Å². The van der Waals surface area contributed by atoms with E-state index in [1.54, 1.807) is 0 Å². The molecule has 1 aliphatic rings. The first-order valence-electron chi connectivity index (χ1n) is 7.59. The molecule has 112 valence electrons. The third-order valence-electron chi connectivity index (χ3n) is 3.89. The standard InChI is InChI=1S/C16H25BrN2O/c1-2-19(13-14-6-8-18-9-7-14)10-11-20-16-5-3-4-15(17)12-16/h3-5,12,14,18H,2,6-11,13H2,1H3. The summed E-state index contributed by atoms with van der Waals surface area (Å²) < 4.78 is 6.89. The Bertz CT molecular complexity index is 394. The molecule has 0 aromatic heterocycles. The molecule has 0 amide bonds. The van der Waals surface area contributed by atoms with Gasteiger partial charge in [-0.2, -0.15) is 0 Å². The Hall–Kier alpha value is -0.580. The Morgan fingerprint density at radius 1 is 1.35 bits per heavy atom. The van der Waals surface area contributed by atoms with Gasteiger partial charge in [0.05, 0.1) is 0 Å². The fourth-order valence-corrected chi connectivity index (χ4v) is 3.04. The molecule has 1 heterocycles. The normalized spacial score (nSPS) is 16.6. The average molecular weight is 341 g/mol. The minimum atomic E-state index is 0.759. The van der Waals surface area contributed by atoms with Crippen LogP contribution in [-0.4, -0.2) is 44.2 Å². The molecule has 1 aromatic rings. The van der Waals surface area contributed by atoms with Gasteiger partial charge in [0.15, 0.2) is 0 Å². The van der Waals surface area contributed by atoms with Crippen molar-refractivity contribution in [3.05, 3.63) is 28.7 Å². The van der Waals surface area contributed by atoms with Crippen molar-refractivity contribution in [3.8, 4) is 5.75 Å². The minimum Gasteiger partial charge on any atom is -0.492 e. The van der Waals surface area contributed by atoms with Crippen molar-refractivity contribution in [2.75, 3.05) is 39.3 Å². The van der Waals surface area contributed by atoms with E-state index in [-0.39, 0.29) is 0 Å². The number of nitrogens with zero attached hydrogens (tertiary/aromatic N) is 1. The molecule has 0 spiro atoms. The van der Waals surface area contributed by atoms with Gasteiger partial charge < -0.3 is 10.1 Å². The maximum Gasteiger partial charge on any atom is 0.120 e. The van der Waals surface area contributed by atoms with Gasteiger partial charge in [-0.3, -0.25) is 4.90 Å². The van der Waals surface area contributed by atoms with Crippen LogP contribution in [0.5, 0.6) is 5.75 Å². The Balaban J connectivity index is 1.70. The van der Waals surface area contributed by atoms with Crippen LogP contribution in [0.3, 0.4) is 0 Å². The van der Waals surface area contributed by atoms with Gasteiger partial charge in [0, 0.05) is 17.6 Å². The first-order valence-corrected chi connectivity index (χ1v) is 8.38. The topological polar surface area (TPSA) is 24.5 Å².